The van der Waals surface area contributed by atoms with E-state index in [9.17, 15) is 4.79 Å². The average Bonchev–Trinajstić information content (AvgIpc) is 2.83. The maximum atomic E-state index is 10.8. The zero-order valence-corrected chi connectivity index (χ0v) is 11.8. The Morgan fingerprint density at radius 2 is 1.90 bits per heavy atom. The SMILES string of the molecule is Cl.O=C(O)c1ccc(C2=NOC3(CCNCC3)C2)cc1. The number of rotatable bonds is 2. The van der Waals surface area contributed by atoms with Crippen molar-refractivity contribution < 1.29 is 14.7 Å². The van der Waals surface area contributed by atoms with E-state index < -0.39 is 5.97 Å². The molecule has 3 rings (SSSR count). The van der Waals surface area contributed by atoms with Crippen LogP contribution in [-0.2, 0) is 4.84 Å². The fourth-order valence-electron chi connectivity index (χ4n) is 2.63. The summed E-state index contributed by atoms with van der Waals surface area (Å²) in [5.74, 6) is -0.911. The van der Waals surface area contributed by atoms with E-state index in [-0.39, 0.29) is 18.0 Å². The van der Waals surface area contributed by atoms with Crippen LogP contribution in [0.25, 0.3) is 0 Å². The Hall–Kier alpha value is -1.59. The molecule has 2 aliphatic rings. The summed E-state index contributed by atoms with van der Waals surface area (Å²) in [4.78, 5) is 16.5. The smallest absolute Gasteiger partial charge is 0.335 e. The van der Waals surface area contributed by atoms with Crippen LogP contribution in [-0.4, -0.2) is 35.5 Å². The van der Waals surface area contributed by atoms with Gasteiger partial charge in [-0.2, -0.15) is 0 Å². The fourth-order valence-corrected chi connectivity index (χ4v) is 2.63. The summed E-state index contributed by atoms with van der Waals surface area (Å²) in [6.07, 6.45) is 2.74. The normalized spacial score (nSPS) is 19.9. The molecule has 6 heteroatoms. The molecule has 1 aromatic rings. The lowest BCUT2D eigenvalue weighted by atomic mass is 9.86. The van der Waals surface area contributed by atoms with Gasteiger partial charge in [-0.3, -0.25) is 0 Å². The summed E-state index contributed by atoms with van der Waals surface area (Å²) < 4.78 is 0. The van der Waals surface area contributed by atoms with E-state index in [0.29, 0.717) is 5.56 Å². The molecule has 2 aliphatic heterocycles. The molecule has 1 saturated heterocycles. The molecule has 0 aliphatic carbocycles. The Balaban J connectivity index is 0.00000147. The fraction of sp³-hybridized carbons (Fsp3) is 0.429. The van der Waals surface area contributed by atoms with Gasteiger partial charge < -0.3 is 15.3 Å². The maximum absolute atomic E-state index is 10.8. The van der Waals surface area contributed by atoms with Gasteiger partial charge in [-0.15, -0.1) is 12.4 Å². The van der Waals surface area contributed by atoms with Gasteiger partial charge in [0.05, 0.1) is 11.3 Å². The molecule has 5 nitrogen and oxygen atoms in total. The third-order valence-corrected chi connectivity index (χ3v) is 3.82. The van der Waals surface area contributed by atoms with Crippen molar-refractivity contribution in [1.82, 2.24) is 5.32 Å². The lowest BCUT2D eigenvalue weighted by Gasteiger charge is -2.30. The summed E-state index contributed by atoms with van der Waals surface area (Å²) in [7, 11) is 0. The third kappa shape index (κ3) is 2.78. The van der Waals surface area contributed by atoms with Gasteiger partial charge in [0.1, 0.15) is 5.60 Å². The van der Waals surface area contributed by atoms with Crippen molar-refractivity contribution in [1.29, 1.82) is 0 Å². The zero-order valence-electron chi connectivity index (χ0n) is 11.0. The number of aromatic carboxylic acids is 1. The first-order valence-electron chi connectivity index (χ1n) is 6.48. The van der Waals surface area contributed by atoms with Gasteiger partial charge in [-0.25, -0.2) is 4.79 Å². The van der Waals surface area contributed by atoms with Crippen LogP contribution in [0, 0.1) is 0 Å². The highest BCUT2D eigenvalue weighted by atomic mass is 35.5. The number of nitrogens with one attached hydrogen (secondary N) is 1. The van der Waals surface area contributed by atoms with Gasteiger partial charge in [0.2, 0.25) is 0 Å². The first-order chi connectivity index (χ1) is 9.19. The summed E-state index contributed by atoms with van der Waals surface area (Å²) in [5.41, 5.74) is 2.01. The van der Waals surface area contributed by atoms with Crippen LogP contribution in [0.2, 0.25) is 0 Å². The van der Waals surface area contributed by atoms with Crippen molar-refractivity contribution in [2.24, 2.45) is 5.16 Å². The van der Waals surface area contributed by atoms with E-state index in [2.05, 4.69) is 10.5 Å². The minimum atomic E-state index is -0.911. The van der Waals surface area contributed by atoms with E-state index >= 15 is 0 Å². The molecule has 2 N–H and O–H groups in total. The summed E-state index contributed by atoms with van der Waals surface area (Å²) in [6, 6.07) is 6.80. The molecule has 108 valence electrons. The number of piperidine rings is 1. The number of hydrogen-bond acceptors (Lipinski definition) is 4. The summed E-state index contributed by atoms with van der Waals surface area (Å²) in [5, 5.41) is 16.4. The molecule has 0 aromatic heterocycles. The number of oxime groups is 1. The van der Waals surface area contributed by atoms with Crippen LogP contribution in [0.5, 0.6) is 0 Å². The predicted molar refractivity (Wildman–Crippen MR) is 77.7 cm³/mol. The minimum absolute atomic E-state index is 0. The zero-order chi connectivity index (χ0) is 13.3. The second kappa shape index (κ2) is 5.81. The topological polar surface area (TPSA) is 70.9 Å². The summed E-state index contributed by atoms with van der Waals surface area (Å²) >= 11 is 0. The first kappa shape index (κ1) is 14.8. The van der Waals surface area contributed by atoms with E-state index in [4.69, 9.17) is 9.94 Å². The highest BCUT2D eigenvalue weighted by molar-refractivity contribution is 6.02. The minimum Gasteiger partial charge on any atom is -0.478 e. The van der Waals surface area contributed by atoms with Crippen molar-refractivity contribution in [3.8, 4) is 0 Å². The van der Waals surface area contributed by atoms with Gasteiger partial charge >= 0.3 is 5.97 Å². The van der Waals surface area contributed by atoms with Gasteiger partial charge in [-0.1, -0.05) is 17.3 Å². The molecule has 1 spiro atoms. The number of carboxylic acid groups (broad SMARTS) is 1. The molecule has 20 heavy (non-hydrogen) atoms. The molecule has 0 saturated carbocycles. The van der Waals surface area contributed by atoms with Crippen molar-refractivity contribution in [2.75, 3.05) is 13.1 Å². The second-order valence-electron chi connectivity index (χ2n) is 5.12. The van der Waals surface area contributed by atoms with Crippen LogP contribution in [0.1, 0.15) is 35.2 Å². The Morgan fingerprint density at radius 3 is 2.50 bits per heavy atom. The van der Waals surface area contributed by atoms with Crippen LogP contribution in [0.15, 0.2) is 29.4 Å². The standard InChI is InChI=1S/C14H16N2O3.ClH/c17-13(18)11-3-1-10(2-4-11)12-9-14(19-16-12)5-7-15-8-6-14;/h1-4,15H,5-9H2,(H,17,18);1H. The predicted octanol–water partition coefficient (Wildman–Crippen LogP) is 2.05. The monoisotopic (exact) mass is 296 g/mol. The first-order valence-corrected chi connectivity index (χ1v) is 6.48. The Kier molecular flexibility index (Phi) is 4.30. The second-order valence-corrected chi connectivity index (χ2v) is 5.12. The Morgan fingerprint density at radius 1 is 1.25 bits per heavy atom. The quantitative estimate of drug-likeness (QED) is 0.876. The number of halogens is 1. The van der Waals surface area contributed by atoms with Crippen molar-refractivity contribution in [3.05, 3.63) is 35.4 Å². The Bertz CT molecular complexity index is 522. The largest absolute Gasteiger partial charge is 0.478 e. The summed E-state index contributed by atoms with van der Waals surface area (Å²) in [6.45, 7) is 1.92. The van der Waals surface area contributed by atoms with E-state index in [1.54, 1.807) is 24.3 Å². The number of benzene rings is 1. The van der Waals surface area contributed by atoms with Gasteiger partial charge in [0.25, 0.3) is 0 Å². The van der Waals surface area contributed by atoms with Gasteiger partial charge in [0, 0.05) is 19.3 Å². The van der Waals surface area contributed by atoms with E-state index in [1.165, 1.54) is 0 Å². The molecular formula is C14H17ClN2O3. The lowest BCUT2D eigenvalue weighted by molar-refractivity contribution is -0.0400. The van der Waals surface area contributed by atoms with Gasteiger partial charge in [0.15, 0.2) is 0 Å². The molecule has 0 amide bonds. The molecule has 0 atom stereocenters. The molecule has 0 radical (unpaired) electrons. The number of carboxylic acids is 1. The van der Waals surface area contributed by atoms with Crippen LogP contribution in [0.4, 0.5) is 0 Å². The van der Waals surface area contributed by atoms with Gasteiger partial charge in [-0.05, 0) is 30.8 Å². The van der Waals surface area contributed by atoms with Crippen molar-refractivity contribution >= 4 is 24.1 Å². The molecule has 2 heterocycles. The van der Waals surface area contributed by atoms with Crippen LogP contribution >= 0.6 is 12.4 Å². The number of carbonyl (C=O) groups is 1. The van der Waals surface area contributed by atoms with Crippen molar-refractivity contribution in [2.45, 2.75) is 24.9 Å². The molecule has 0 unspecified atom stereocenters. The molecule has 0 bridgehead atoms. The van der Waals surface area contributed by atoms with Crippen molar-refractivity contribution in [3.63, 3.8) is 0 Å². The van der Waals surface area contributed by atoms with Crippen LogP contribution in [0.3, 0.4) is 0 Å². The van der Waals surface area contributed by atoms with Crippen LogP contribution < -0.4 is 5.32 Å². The highest BCUT2D eigenvalue weighted by Crippen LogP contribution is 2.34. The highest BCUT2D eigenvalue weighted by Gasteiger charge is 2.40. The number of hydrogen-bond donors (Lipinski definition) is 2. The lowest BCUT2D eigenvalue weighted by Crippen LogP contribution is -2.42. The Labute approximate surface area is 123 Å². The maximum Gasteiger partial charge on any atom is 0.335 e. The van der Waals surface area contributed by atoms with E-state index in [1.807, 2.05) is 0 Å². The third-order valence-electron chi connectivity index (χ3n) is 3.82. The molecule has 1 aromatic carbocycles. The number of nitrogens with zero attached hydrogens (tertiary/aromatic N) is 1. The molecular weight excluding hydrogens is 280 g/mol. The van der Waals surface area contributed by atoms with E-state index in [0.717, 1.165) is 43.6 Å². The molecule has 1 fully saturated rings. The average molecular weight is 297 g/mol.